The van der Waals surface area contributed by atoms with Gasteiger partial charge >= 0.3 is 0 Å². The maximum absolute atomic E-state index is 9.01. The van der Waals surface area contributed by atoms with Gasteiger partial charge in [-0.1, -0.05) is 6.58 Å². The normalized spacial score (nSPS) is 31.7. The zero-order valence-electron chi connectivity index (χ0n) is 7.77. The fourth-order valence-corrected chi connectivity index (χ4v) is 1.95. The molecule has 3 nitrogen and oxygen atoms in total. The Bertz CT molecular complexity index is 186. The molecule has 1 N–H and O–H groups in total. The lowest BCUT2D eigenvalue weighted by atomic mass is 10.0. The molecule has 0 amide bonds. The third-order valence-corrected chi connectivity index (χ3v) is 2.51. The fraction of sp³-hybridized carbons (Fsp3) is 0.750. The van der Waals surface area contributed by atoms with Crippen LogP contribution in [0.4, 0.5) is 0 Å². The first kappa shape index (κ1) is 11.2. The summed E-state index contributed by atoms with van der Waals surface area (Å²) in [6.07, 6.45) is 0.249. The molecule has 0 aromatic rings. The molecule has 1 heterocycles. The molecule has 2 unspecified atom stereocenters. The molecule has 1 fully saturated rings. The van der Waals surface area contributed by atoms with Gasteiger partial charge in [0.2, 0.25) is 0 Å². The first-order chi connectivity index (χ1) is 6.15. The molecule has 0 bridgehead atoms. The maximum Gasteiger partial charge on any atom is 0.148 e. The standard InChI is InChI=1S/C8H14BO3P/c1-6-3-4-11-7(5-10)8(6)12-13(2)9/h7-8,10H,1,3-5H2,2H3/t7-,8?,13?/m1/s1. The van der Waals surface area contributed by atoms with E-state index in [1.165, 1.54) is 0 Å². The smallest absolute Gasteiger partial charge is 0.148 e. The Morgan fingerprint density at radius 3 is 3.08 bits per heavy atom. The van der Waals surface area contributed by atoms with E-state index >= 15 is 0 Å². The van der Waals surface area contributed by atoms with Crippen LogP contribution in [0.15, 0.2) is 12.2 Å². The number of aliphatic hydroxyl groups is 1. The van der Waals surface area contributed by atoms with Gasteiger partial charge in [0.1, 0.15) is 19.8 Å². The highest BCUT2D eigenvalue weighted by molar-refractivity contribution is 7.77. The molecule has 13 heavy (non-hydrogen) atoms. The Balaban J connectivity index is 2.56. The molecule has 0 aliphatic carbocycles. The third kappa shape index (κ3) is 3.06. The van der Waals surface area contributed by atoms with Crippen LogP contribution in [0, 0.1) is 0 Å². The van der Waals surface area contributed by atoms with Crippen molar-refractivity contribution in [1.82, 2.24) is 0 Å². The van der Waals surface area contributed by atoms with Gasteiger partial charge in [0, 0.05) is 0 Å². The van der Waals surface area contributed by atoms with Crippen LogP contribution >= 0.6 is 8.03 Å². The molecule has 0 spiro atoms. The van der Waals surface area contributed by atoms with Crippen LogP contribution in [-0.2, 0) is 9.26 Å². The minimum Gasteiger partial charge on any atom is -0.394 e. The second kappa shape index (κ2) is 5.11. The first-order valence-corrected chi connectivity index (χ1v) is 5.98. The SMILES string of the molecule is [B]P(C)OC1C(=C)CCO[C@@H]1CO. The topological polar surface area (TPSA) is 38.7 Å². The Labute approximate surface area is 81.3 Å². The Kier molecular flexibility index (Phi) is 4.40. The summed E-state index contributed by atoms with van der Waals surface area (Å²) in [6.45, 7) is 6.26. The average molecular weight is 200 g/mol. The summed E-state index contributed by atoms with van der Waals surface area (Å²) in [7, 11) is 4.63. The van der Waals surface area contributed by atoms with Gasteiger partial charge in [-0.2, -0.15) is 0 Å². The zero-order valence-corrected chi connectivity index (χ0v) is 8.67. The van der Waals surface area contributed by atoms with Crippen molar-refractivity contribution in [3.05, 3.63) is 12.2 Å². The van der Waals surface area contributed by atoms with E-state index in [0.717, 1.165) is 12.0 Å². The van der Waals surface area contributed by atoms with Crippen molar-refractivity contribution >= 4 is 15.6 Å². The van der Waals surface area contributed by atoms with Crippen molar-refractivity contribution in [2.45, 2.75) is 18.6 Å². The second-order valence-electron chi connectivity index (χ2n) is 3.07. The highest BCUT2D eigenvalue weighted by Crippen LogP contribution is 2.33. The molecule has 0 aromatic heterocycles. The van der Waals surface area contributed by atoms with Crippen LogP contribution in [0.3, 0.4) is 0 Å². The van der Waals surface area contributed by atoms with Crippen molar-refractivity contribution in [2.24, 2.45) is 0 Å². The number of rotatable bonds is 3. The molecule has 1 aliphatic heterocycles. The number of ether oxygens (including phenoxy) is 1. The van der Waals surface area contributed by atoms with Crippen molar-refractivity contribution in [2.75, 3.05) is 19.9 Å². The minimum absolute atomic E-state index is 0.0488. The van der Waals surface area contributed by atoms with E-state index in [2.05, 4.69) is 6.58 Å². The zero-order chi connectivity index (χ0) is 9.84. The molecule has 5 heteroatoms. The third-order valence-electron chi connectivity index (χ3n) is 1.95. The van der Waals surface area contributed by atoms with E-state index in [1.807, 2.05) is 6.66 Å². The van der Waals surface area contributed by atoms with Gasteiger partial charge in [-0.05, 0) is 26.7 Å². The first-order valence-electron chi connectivity index (χ1n) is 4.20. The largest absolute Gasteiger partial charge is 0.394 e. The molecule has 1 rings (SSSR count). The molecule has 1 saturated heterocycles. The van der Waals surface area contributed by atoms with E-state index < -0.39 is 8.03 Å². The van der Waals surface area contributed by atoms with Crippen molar-refractivity contribution in [3.63, 3.8) is 0 Å². The van der Waals surface area contributed by atoms with Gasteiger partial charge in [0.25, 0.3) is 0 Å². The molecular weight excluding hydrogens is 186 g/mol. The molecule has 3 atom stereocenters. The average Bonchev–Trinajstić information content (AvgIpc) is 2.08. The Morgan fingerprint density at radius 2 is 2.54 bits per heavy atom. The van der Waals surface area contributed by atoms with Gasteiger partial charge in [-0.15, -0.1) is 0 Å². The second-order valence-corrected chi connectivity index (χ2v) is 4.38. The van der Waals surface area contributed by atoms with Gasteiger partial charge in [-0.3, -0.25) is 0 Å². The van der Waals surface area contributed by atoms with Crippen molar-refractivity contribution < 1.29 is 14.4 Å². The molecule has 0 saturated carbocycles. The summed E-state index contributed by atoms with van der Waals surface area (Å²) in [4.78, 5) is 0. The van der Waals surface area contributed by atoms with Crippen LogP contribution in [0.25, 0.3) is 0 Å². The highest BCUT2D eigenvalue weighted by atomic mass is 31.1. The summed E-state index contributed by atoms with van der Waals surface area (Å²) < 4.78 is 10.8. The van der Waals surface area contributed by atoms with Crippen LogP contribution in [0.2, 0.25) is 0 Å². The predicted octanol–water partition coefficient (Wildman–Crippen LogP) is 0.819. The number of aliphatic hydroxyl groups excluding tert-OH is 1. The van der Waals surface area contributed by atoms with Crippen LogP contribution in [-0.4, -0.2) is 44.8 Å². The van der Waals surface area contributed by atoms with Gasteiger partial charge in [-0.25, -0.2) is 0 Å². The maximum atomic E-state index is 9.01. The fourth-order valence-electron chi connectivity index (χ4n) is 1.30. The quantitative estimate of drug-likeness (QED) is 0.416. The van der Waals surface area contributed by atoms with Crippen molar-refractivity contribution in [3.8, 4) is 0 Å². The van der Waals surface area contributed by atoms with E-state index in [0.29, 0.717) is 6.61 Å². The Hall–Kier alpha value is 0.115. The molecule has 72 valence electrons. The van der Waals surface area contributed by atoms with E-state index in [9.17, 15) is 0 Å². The highest BCUT2D eigenvalue weighted by Gasteiger charge is 2.29. The monoisotopic (exact) mass is 200 g/mol. The van der Waals surface area contributed by atoms with E-state index in [4.69, 9.17) is 21.9 Å². The lowest BCUT2D eigenvalue weighted by molar-refractivity contribution is -0.0568. The van der Waals surface area contributed by atoms with Gasteiger partial charge in [0.05, 0.1) is 13.2 Å². The number of hydrogen-bond acceptors (Lipinski definition) is 3. The summed E-state index contributed by atoms with van der Waals surface area (Å²) in [6, 6.07) is 0. The number of hydrogen-bond donors (Lipinski definition) is 1. The summed E-state index contributed by atoms with van der Waals surface area (Å²) >= 11 is 0. The molecule has 2 radical (unpaired) electrons. The van der Waals surface area contributed by atoms with Gasteiger partial charge < -0.3 is 14.4 Å². The minimum atomic E-state index is -0.934. The lowest BCUT2D eigenvalue weighted by Crippen LogP contribution is -2.39. The van der Waals surface area contributed by atoms with Crippen molar-refractivity contribution in [1.29, 1.82) is 0 Å². The van der Waals surface area contributed by atoms with Crippen LogP contribution in [0.5, 0.6) is 0 Å². The van der Waals surface area contributed by atoms with Crippen LogP contribution < -0.4 is 0 Å². The molecule has 0 aromatic carbocycles. The Morgan fingerprint density at radius 1 is 1.85 bits per heavy atom. The molecule has 1 aliphatic rings. The van der Waals surface area contributed by atoms with Gasteiger partial charge in [0.15, 0.2) is 0 Å². The lowest BCUT2D eigenvalue weighted by Gasteiger charge is -2.33. The summed E-state index contributed by atoms with van der Waals surface area (Å²) in [5.74, 6) is 0. The summed E-state index contributed by atoms with van der Waals surface area (Å²) in [5.41, 5.74) is 0.963. The van der Waals surface area contributed by atoms with E-state index in [1.54, 1.807) is 0 Å². The molecular formula is C8H14BO3P. The van der Waals surface area contributed by atoms with Crippen LogP contribution in [0.1, 0.15) is 6.42 Å². The predicted molar refractivity (Wildman–Crippen MR) is 54.1 cm³/mol. The summed E-state index contributed by atoms with van der Waals surface area (Å²) in [5, 5.41) is 9.01. The van der Waals surface area contributed by atoms with E-state index in [-0.39, 0.29) is 18.8 Å².